The summed E-state index contributed by atoms with van der Waals surface area (Å²) in [6.45, 7) is 0. The summed E-state index contributed by atoms with van der Waals surface area (Å²) in [5, 5.41) is 6.57. The Morgan fingerprint density at radius 2 is 2.07 bits per heavy atom. The van der Waals surface area contributed by atoms with E-state index in [9.17, 15) is 4.79 Å². The minimum atomic E-state index is -0.162. The van der Waals surface area contributed by atoms with Crippen molar-refractivity contribution in [2.75, 3.05) is 5.32 Å². The van der Waals surface area contributed by atoms with Gasteiger partial charge in [0, 0.05) is 0 Å². The Morgan fingerprint density at radius 3 is 2.80 bits per heavy atom. The third-order valence-electron chi connectivity index (χ3n) is 3.09. The van der Waals surface area contributed by atoms with Crippen LogP contribution in [0.3, 0.4) is 0 Å². The van der Waals surface area contributed by atoms with Gasteiger partial charge in [-0.2, -0.15) is 0 Å². The Bertz CT molecular complexity index is 423. The van der Waals surface area contributed by atoms with Crippen molar-refractivity contribution in [1.82, 2.24) is 5.32 Å². The average molecular weight is 287 g/mol. The number of amides is 1. The minimum Gasteiger partial charge on any atom is -0.361 e. The topological polar surface area (TPSA) is 41.1 Å². The molecule has 0 aromatic carbocycles. The molecule has 3 rings (SSSR count). The molecular formula is C10H11BrN2OS. The molecule has 0 saturated heterocycles. The van der Waals surface area contributed by atoms with Gasteiger partial charge in [-0.05, 0) is 47.7 Å². The highest BCUT2D eigenvalue weighted by Gasteiger charge is 2.40. The quantitative estimate of drug-likeness (QED) is 0.770. The zero-order chi connectivity index (χ0) is 10.5. The molecule has 1 aliphatic heterocycles. The molecule has 1 aromatic heterocycles. The molecule has 2 N–H and O–H groups in total. The smallest absolute Gasteiger partial charge is 0.265 e. The van der Waals surface area contributed by atoms with E-state index < -0.39 is 0 Å². The molecular weight excluding hydrogens is 276 g/mol. The van der Waals surface area contributed by atoms with E-state index in [0.29, 0.717) is 0 Å². The molecule has 1 amide bonds. The molecule has 2 heterocycles. The van der Waals surface area contributed by atoms with Gasteiger partial charge in [0.15, 0.2) is 0 Å². The second kappa shape index (κ2) is 3.22. The first-order valence-corrected chi connectivity index (χ1v) is 6.70. The van der Waals surface area contributed by atoms with Gasteiger partial charge in [0.05, 0.1) is 9.47 Å². The van der Waals surface area contributed by atoms with Crippen LogP contribution in [0, 0.1) is 0 Å². The number of hydrogen-bond donors (Lipinski definition) is 2. The van der Waals surface area contributed by atoms with Crippen LogP contribution < -0.4 is 10.6 Å². The summed E-state index contributed by atoms with van der Waals surface area (Å²) in [4.78, 5) is 12.7. The molecule has 1 fully saturated rings. The van der Waals surface area contributed by atoms with Crippen LogP contribution in [0.5, 0.6) is 0 Å². The van der Waals surface area contributed by atoms with Gasteiger partial charge in [-0.15, -0.1) is 11.3 Å². The molecule has 1 aliphatic carbocycles. The number of rotatable bonds is 0. The average Bonchev–Trinajstić information content (AvgIpc) is 2.73. The summed E-state index contributed by atoms with van der Waals surface area (Å²) in [5.74, 6) is 0.0707. The number of carbonyl (C=O) groups excluding carboxylic acids is 1. The van der Waals surface area contributed by atoms with Crippen LogP contribution in [0.1, 0.15) is 35.4 Å². The van der Waals surface area contributed by atoms with Crippen LogP contribution >= 0.6 is 27.3 Å². The van der Waals surface area contributed by atoms with Crippen LogP contribution in [0.15, 0.2) is 9.85 Å². The number of carbonyl (C=O) groups is 1. The lowest BCUT2D eigenvalue weighted by Gasteiger charge is -2.36. The maximum absolute atomic E-state index is 11.9. The van der Waals surface area contributed by atoms with E-state index >= 15 is 0 Å². The fourth-order valence-corrected chi connectivity index (χ4v) is 3.86. The summed E-state index contributed by atoms with van der Waals surface area (Å²) >= 11 is 4.90. The van der Waals surface area contributed by atoms with Crippen molar-refractivity contribution in [1.29, 1.82) is 0 Å². The lowest BCUT2D eigenvalue weighted by atomic mass is 10.1. The predicted octanol–water partition coefficient (Wildman–Crippen LogP) is 2.94. The molecule has 2 aliphatic rings. The lowest BCUT2D eigenvalue weighted by molar-refractivity contribution is 0.0907. The molecule has 0 atom stereocenters. The van der Waals surface area contributed by atoms with Crippen LogP contribution in [0.4, 0.5) is 5.69 Å². The highest BCUT2D eigenvalue weighted by atomic mass is 79.9. The second-order valence-electron chi connectivity index (χ2n) is 4.16. The maximum Gasteiger partial charge on any atom is 0.265 e. The van der Waals surface area contributed by atoms with E-state index in [2.05, 4.69) is 26.6 Å². The number of nitrogens with one attached hydrogen (secondary N) is 2. The first-order valence-electron chi connectivity index (χ1n) is 5.09. The van der Waals surface area contributed by atoms with E-state index in [1.165, 1.54) is 24.2 Å². The molecule has 15 heavy (non-hydrogen) atoms. The van der Waals surface area contributed by atoms with Crippen molar-refractivity contribution in [2.24, 2.45) is 0 Å². The van der Waals surface area contributed by atoms with Crippen molar-refractivity contribution in [3.8, 4) is 0 Å². The summed E-state index contributed by atoms with van der Waals surface area (Å²) in [5.41, 5.74) is 0.822. The molecule has 1 aromatic rings. The SMILES string of the molecule is O=C1NC2(CCCC2)Nc2cc(Br)sc21. The highest BCUT2D eigenvalue weighted by Crippen LogP contribution is 2.40. The molecule has 3 nitrogen and oxygen atoms in total. The van der Waals surface area contributed by atoms with Crippen molar-refractivity contribution in [2.45, 2.75) is 31.3 Å². The maximum atomic E-state index is 11.9. The van der Waals surface area contributed by atoms with Crippen LogP contribution in [-0.2, 0) is 0 Å². The third-order valence-corrected chi connectivity index (χ3v) is 4.73. The van der Waals surface area contributed by atoms with Crippen molar-refractivity contribution in [3.05, 3.63) is 14.7 Å². The number of halogens is 1. The minimum absolute atomic E-state index is 0.0707. The number of anilines is 1. The van der Waals surface area contributed by atoms with Crippen molar-refractivity contribution < 1.29 is 4.79 Å². The molecule has 1 spiro atoms. The fraction of sp³-hybridized carbons (Fsp3) is 0.500. The van der Waals surface area contributed by atoms with E-state index in [1.54, 1.807) is 0 Å². The second-order valence-corrected chi connectivity index (χ2v) is 6.59. The Kier molecular flexibility index (Phi) is 2.07. The number of thiophene rings is 1. The summed E-state index contributed by atoms with van der Waals surface area (Å²) in [7, 11) is 0. The van der Waals surface area contributed by atoms with E-state index in [4.69, 9.17) is 0 Å². The largest absolute Gasteiger partial charge is 0.361 e. The Morgan fingerprint density at radius 1 is 1.33 bits per heavy atom. The van der Waals surface area contributed by atoms with Crippen molar-refractivity contribution in [3.63, 3.8) is 0 Å². The molecule has 0 bridgehead atoms. The Balaban J connectivity index is 2.01. The van der Waals surface area contributed by atoms with E-state index in [0.717, 1.165) is 27.2 Å². The van der Waals surface area contributed by atoms with Gasteiger partial charge in [0.2, 0.25) is 0 Å². The van der Waals surface area contributed by atoms with Gasteiger partial charge in [0.25, 0.3) is 5.91 Å². The normalized spacial score (nSPS) is 22.3. The first-order chi connectivity index (χ1) is 7.19. The fourth-order valence-electron chi connectivity index (χ4n) is 2.41. The molecule has 0 unspecified atom stereocenters. The van der Waals surface area contributed by atoms with Gasteiger partial charge in [0.1, 0.15) is 10.5 Å². The number of fused-ring (bicyclic) bond motifs is 1. The van der Waals surface area contributed by atoms with Crippen molar-refractivity contribution >= 4 is 38.9 Å². The summed E-state index contributed by atoms with van der Waals surface area (Å²) in [6, 6.07) is 2.00. The predicted molar refractivity (Wildman–Crippen MR) is 64.3 cm³/mol. The van der Waals surface area contributed by atoms with Gasteiger partial charge < -0.3 is 10.6 Å². The monoisotopic (exact) mass is 286 g/mol. The van der Waals surface area contributed by atoms with Gasteiger partial charge >= 0.3 is 0 Å². The van der Waals surface area contributed by atoms with Crippen LogP contribution in [-0.4, -0.2) is 11.6 Å². The van der Waals surface area contributed by atoms with Gasteiger partial charge in [-0.3, -0.25) is 4.79 Å². The number of hydrogen-bond acceptors (Lipinski definition) is 3. The Hall–Kier alpha value is -0.550. The standard InChI is InChI=1S/C10H11BrN2OS/c11-7-5-6-8(15-7)9(14)13-10(12-6)3-1-2-4-10/h5,12H,1-4H2,(H,13,14). The molecule has 5 heteroatoms. The zero-order valence-corrected chi connectivity index (χ0v) is 10.5. The molecule has 80 valence electrons. The highest BCUT2D eigenvalue weighted by molar-refractivity contribution is 9.11. The van der Waals surface area contributed by atoms with Crippen LogP contribution in [0.2, 0.25) is 0 Å². The van der Waals surface area contributed by atoms with Gasteiger partial charge in [-0.25, -0.2) is 0 Å². The summed E-state index contributed by atoms with van der Waals surface area (Å²) < 4.78 is 1.00. The molecule has 1 saturated carbocycles. The van der Waals surface area contributed by atoms with E-state index in [1.807, 2.05) is 6.07 Å². The summed E-state index contributed by atoms with van der Waals surface area (Å²) in [6.07, 6.45) is 4.44. The van der Waals surface area contributed by atoms with Gasteiger partial charge in [-0.1, -0.05) is 0 Å². The van der Waals surface area contributed by atoms with E-state index in [-0.39, 0.29) is 11.6 Å². The lowest BCUT2D eigenvalue weighted by Crippen LogP contribution is -2.55. The third kappa shape index (κ3) is 1.49. The zero-order valence-electron chi connectivity index (χ0n) is 8.10. The molecule has 0 radical (unpaired) electrons. The van der Waals surface area contributed by atoms with Crippen LogP contribution in [0.25, 0.3) is 0 Å². The first kappa shape index (κ1) is 9.66. The Labute approximate surface area is 100 Å².